The zero-order chi connectivity index (χ0) is 20.5. The van der Waals surface area contributed by atoms with Crippen LogP contribution in [-0.4, -0.2) is 25.0 Å². The summed E-state index contributed by atoms with van der Waals surface area (Å²) in [7, 11) is 0. The number of halogens is 2. The first kappa shape index (κ1) is 21.4. The van der Waals surface area contributed by atoms with Gasteiger partial charge in [-0.05, 0) is 36.2 Å². The molecule has 0 saturated carbocycles. The van der Waals surface area contributed by atoms with Gasteiger partial charge in [0, 0.05) is 30.3 Å². The van der Waals surface area contributed by atoms with E-state index in [1.54, 1.807) is 12.1 Å². The molecule has 7 heteroatoms. The Balaban J connectivity index is 1.68. The third-order valence-electron chi connectivity index (χ3n) is 3.91. The fourth-order valence-electron chi connectivity index (χ4n) is 2.33. The highest BCUT2D eigenvalue weighted by Gasteiger charge is 2.08. The number of aryl methyl sites for hydroxylation is 1. The molecule has 0 fully saturated rings. The third kappa shape index (κ3) is 6.70. The second-order valence-corrected chi connectivity index (χ2v) is 6.48. The van der Waals surface area contributed by atoms with Crippen LogP contribution in [-0.2, 0) is 11.2 Å². The van der Waals surface area contributed by atoms with Gasteiger partial charge in [0.2, 0.25) is 0 Å². The van der Waals surface area contributed by atoms with Crippen molar-refractivity contribution in [2.75, 3.05) is 13.2 Å². The monoisotopic (exact) mass is 404 g/mol. The minimum absolute atomic E-state index is 0.0199. The van der Waals surface area contributed by atoms with E-state index < -0.39 is 11.7 Å². The molecule has 0 heterocycles. The van der Waals surface area contributed by atoms with Crippen molar-refractivity contribution in [2.24, 2.45) is 0 Å². The summed E-state index contributed by atoms with van der Waals surface area (Å²) in [5, 5.41) is 5.33. The van der Waals surface area contributed by atoms with Crippen molar-refractivity contribution in [3.8, 4) is 5.75 Å². The molecule has 2 amide bonds. The number of hydrogen-bond acceptors (Lipinski definition) is 3. The highest BCUT2D eigenvalue weighted by atomic mass is 35.5. The van der Waals surface area contributed by atoms with E-state index in [0.29, 0.717) is 24.2 Å². The first-order valence-corrected chi connectivity index (χ1v) is 9.19. The fourth-order valence-corrected chi connectivity index (χ4v) is 2.45. The molecule has 0 atom stereocenters. The summed E-state index contributed by atoms with van der Waals surface area (Å²) in [5.41, 5.74) is 2.18. The number of hydrogen-bond donors (Lipinski definition) is 2. The molecule has 0 bridgehead atoms. The van der Waals surface area contributed by atoms with Gasteiger partial charge in [-0.15, -0.1) is 0 Å². The molecule has 2 aromatic rings. The van der Waals surface area contributed by atoms with Gasteiger partial charge in [-0.1, -0.05) is 37.2 Å². The van der Waals surface area contributed by atoms with Gasteiger partial charge in [0.25, 0.3) is 11.8 Å². The van der Waals surface area contributed by atoms with E-state index in [9.17, 15) is 14.0 Å². The summed E-state index contributed by atoms with van der Waals surface area (Å²) < 4.78 is 18.5. The minimum atomic E-state index is -0.621. The number of benzene rings is 2. The Labute approximate surface area is 168 Å². The SMILES string of the molecule is C=C(CCNC(=O)c1ccc(CC)cc1)NC(=O)COc1ccc(Cl)c(F)c1. The van der Waals surface area contributed by atoms with Gasteiger partial charge in [0.1, 0.15) is 11.6 Å². The summed E-state index contributed by atoms with van der Waals surface area (Å²) in [6.07, 6.45) is 1.29. The molecule has 0 aliphatic carbocycles. The van der Waals surface area contributed by atoms with Crippen LogP contribution in [0.5, 0.6) is 5.75 Å². The molecule has 2 aromatic carbocycles. The topological polar surface area (TPSA) is 67.4 Å². The molecule has 0 saturated heterocycles. The number of carbonyl (C=O) groups is 2. The van der Waals surface area contributed by atoms with Crippen molar-refractivity contribution in [1.82, 2.24) is 10.6 Å². The smallest absolute Gasteiger partial charge is 0.262 e. The zero-order valence-corrected chi connectivity index (χ0v) is 16.3. The van der Waals surface area contributed by atoms with Crippen LogP contribution < -0.4 is 15.4 Å². The first-order chi connectivity index (χ1) is 13.4. The maximum absolute atomic E-state index is 13.3. The number of nitrogens with one attached hydrogen (secondary N) is 2. The van der Waals surface area contributed by atoms with E-state index in [4.69, 9.17) is 16.3 Å². The van der Waals surface area contributed by atoms with Gasteiger partial charge in [-0.2, -0.15) is 0 Å². The van der Waals surface area contributed by atoms with Gasteiger partial charge < -0.3 is 15.4 Å². The Morgan fingerprint density at radius 3 is 2.54 bits per heavy atom. The lowest BCUT2D eigenvalue weighted by Crippen LogP contribution is -2.31. The average Bonchev–Trinajstić information content (AvgIpc) is 2.68. The molecule has 0 aliphatic heterocycles. The number of rotatable bonds is 9. The summed E-state index contributed by atoms with van der Waals surface area (Å²) >= 11 is 5.58. The second-order valence-electron chi connectivity index (χ2n) is 6.07. The molecule has 148 valence electrons. The van der Waals surface area contributed by atoms with Crippen LogP contribution in [0, 0.1) is 5.82 Å². The molecule has 0 unspecified atom stereocenters. The highest BCUT2D eigenvalue weighted by molar-refractivity contribution is 6.30. The molecular weight excluding hydrogens is 383 g/mol. The van der Waals surface area contributed by atoms with Crippen LogP contribution in [0.15, 0.2) is 54.7 Å². The van der Waals surface area contributed by atoms with E-state index in [0.717, 1.165) is 18.1 Å². The Hall–Kier alpha value is -2.86. The van der Waals surface area contributed by atoms with Crippen LogP contribution in [0.3, 0.4) is 0 Å². The van der Waals surface area contributed by atoms with Gasteiger partial charge in [0.15, 0.2) is 6.61 Å². The molecule has 0 aliphatic rings. The molecule has 2 rings (SSSR count). The van der Waals surface area contributed by atoms with Gasteiger partial charge in [-0.3, -0.25) is 9.59 Å². The summed E-state index contributed by atoms with van der Waals surface area (Å²) in [5.74, 6) is -1.04. The van der Waals surface area contributed by atoms with Crippen molar-refractivity contribution in [3.05, 3.63) is 76.7 Å². The summed E-state index contributed by atoms with van der Waals surface area (Å²) in [6, 6.07) is 11.3. The van der Waals surface area contributed by atoms with Gasteiger partial charge in [-0.25, -0.2) is 4.39 Å². The average molecular weight is 405 g/mol. The van der Waals surface area contributed by atoms with Crippen LogP contribution in [0.1, 0.15) is 29.3 Å². The Bertz CT molecular complexity index is 853. The van der Waals surface area contributed by atoms with Crippen LogP contribution in [0.4, 0.5) is 4.39 Å². The normalized spacial score (nSPS) is 10.2. The first-order valence-electron chi connectivity index (χ1n) is 8.81. The Morgan fingerprint density at radius 1 is 1.18 bits per heavy atom. The van der Waals surface area contributed by atoms with Crippen molar-refractivity contribution in [1.29, 1.82) is 0 Å². The highest BCUT2D eigenvalue weighted by Crippen LogP contribution is 2.20. The number of ether oxygens (including phenoxy) is 1. The lowest BCUT2D eigenvalue weighted by molar-refractivity contribution is -0.122. The predicted molar refractivity (Wildman–Crippen MR) is 107 cm³/mol. The van der Waals surface area contributed by atoms with E-state index in [2.05, 4.69) is 17.2 Å². The van der Waals surface area contributed by atoms with Crippen molar-refractivity contribution in [2.45, 2.75) is 19.8 Å². The van der Waals surface area contributed by atoms with Gasteiger partial charge >= 0.3 is 0 Å². The van der Waals surface area contributed by atoms with E-state index in [-0.39, 0.29) is 23.3 Å². The molecule has 0 aromatic heterocycles. The zero-order valence-electron chi connectivity index (χ0n) is 15.6. The number of amides is 2. The molecule has 28 heavy (non-hydrogen) atoms. The third-order valence-corrected chi connectivity index (χ3v) is 4.22. The van der Waals surface area contributed by atoms with Crippen LogP contribution >= 0.6 is 11.6 Å². The molecule has 0 spiro atoms. The van der Waals surface area contributed by atoms with Crippen LogP contribution in [0.25, 0.3) is 0 Å². The van der Waals surface area contributed by atoms with Gasteiger partial charge in [0.05, 0.1) is 5.02 Å². The minimum Gasteiger partial charge on any atom is -0.484 e. The van der Waals surface area contributed by atoms with E-state index >= 15 is 0 Å². The van der Waals surface area contributed by atoms with Crippen molar-refractivity contribution >= 4 is 23.4 Å². The molecule has 2 N–H and O–H groups in total. The van der Waals surface area contributed by atoms with Crippen LogP contribution in [0.2, 0.25) is 5.02 Å². The Kier molecular flexibility index (Phi) is 8.02. The largest absolute Gasteiger partial charge is 0.484 e. The van der Waals surface area contributed by atoms with Crippen molar-refractivity contribution < 1.29 is 18.7 Å². The lowest BCUT2D eigenvalue weighted by atomic mass is 10.1. The lowest BCUT2D eigenvalue weighted by Gasteiger charge is -2.11. The predicted octanol–water partition coefficient (Wildman–Crippen LogP) is 3.87. The Morgan fingerprint density at radius 2 is 1.89 bits per heavy atom. The molecular formula is C21H22ClFN2O3. The van der Waals surface area contributed by atoms with Crippen molar-refractivity contribution in [3.63, 3.8) is 0 Å². The standard InChI is InChI=1S/C21H22ClFN2O3/c1-3-15-4-6-16(7-5-15)21(27)24-11-10-14(2)25-20(26)13-28-17-8-9-18(22)19(23)12-17/h4-9,12H,2-3,10-11,13H2,1H3,(H,24,27)(H,25,26). The summed E-state index contributed by atoms with van der Waals surface area (Å²) in [6.45, 7) is 5.84. The maximum atomic E-state index is 13.3. The van der Waals surface area contributed by atoms with E-state index in [1.165, 1.54) is 12.1 Å². The summed E-state index contributed by atoms with van der Waals surface area (Å²) in [4.78, 5) is 23.9. The second kappa shape index (κ2) is 10.5. The molecule has 5 nitrogen and oxygen atoms in total. The fraction of sp³-hybridized carbons (Fsp3) is 0.238. The molecule has 0 radical (unpaired) electrons. The number of carbonyl (C=O) groups excluding carboxylic acids is 2. The van der Waals surface area contributed by atoms with E-state index in [1.807, 2.05) is 19.1 Å². The quantitative estimate of drug-likeness (QED) is 0.666. The maximum Gasteiger partial charge on any atom is 0.262 e.